The number of carbonyl (C=O) groups excluding carboxylic acids is 2. The molecular weight excluding hydrogens is 268 g/mol. The molecular formula is C15H16N4O2. The van der Waals surface area contributed by atoms with Gasteiger partial charge in [-0.2, -0.15) is 0 Å². The summed E-state index contributed by atoms with van der Waals surface area (Å²) in [4.78, 5) is 27.2. The quantitative estimate of drug-likeness (QED) is 0.800. The first kappa shape index (κ1) is 14.5. The second kappa shape index (κ2) is 7.04. The minimum Gasteiger partial charge on any atom is -0.355 e. The fourth-order valence-electron chi connectivity index (χ4n) is 1.70. The first-order valence-electron chi connectivity index (χ1n) is 6.46. The van der Waals surface area contributed by atoms with Crippen molar-refractivity contribution in [3.05, 3.63) is 59.9 Å². The van der Waals surface area contributed by atoms with E-state index in [-0.39, 0.29) is 11.9 Å². The second-order valence-corrected chi connectivity index (χ2v) is 4.29. The van der Waals surface area contributed by atoms with E-state index < -0.39 is 0 Å². The summed E-state index contributed by atoms with van der Waals surface area (Å²) < 4.78 is 0. The summed E-state index contributed by atoms with van der Waals surface area (Å²) in [5, 5.41) is 7.93. The lowest BCUT2D eigenvalue weighted by molar-refractivity contribution is 0.0963. The smallest absolute Gasteiger partial charge is 0.319 e. The average Bonchev–Trinajstić information content (AvgIpc) is 2.54. The van der Waals surface area contributed by atoms with E-state index in [1.165, 1.54) is 0 Å². The van der Waals surface area contributed by atoms with Gasteiger partial charge in [-0.1, -0.05) is 6.07 Å². The molecule has 0 bridgehead atoms. The lowest BCUT2D eigenvalue weighted by atomic mass is 10.2. The largest absolute Gasteiger partial charge is 0.355 e. The Bertz CT molecular complexity index is 611. The maximum atomic E-state index is 11.7. The Morgan fingerprint density at radius 2 is 1.86 bits per heavy atom. The van der Waals surface area contributed by atoms with Crippen LogP contribution in [0.2, 0.25) is 0 Å². The minimum absolute atomic E-state index is 0.166. The Morgan fingerprint density at radius 1 is 1.10 bits per heavy atom. The molecule has 0 atom stereocenters. The standard InChI is InChI=1S/C15H16N4O2/c1-16-14(20)11-5-7-12(8-6-11)19-15(21)18-10-13-4-2-3-9-17-13/h2-9H,10H2,1H3,(H,16,20)(H2,18,19,21). The molecule has 0 saturated heterocycles. The molecule has 2 aromatic rings. The van der Waals surface area contributed by atoms with E-state index in [0.29, 0.717) is 17.8 Å². The van der Waals surface area contributed by atoms with Crippen molar-refractivity contribution in [1.29, 1.82) is 0 Å². The predicted molar refractivity (Wildman–Crippen MR) is 79.9 cm³/mol. The van der Waals surface area contributed by atoms with Crippen molar-refractivity contribution in [3.8, 4) is 0 Å². The third kappa shape index (κ3) is 4.31. The summed E-state index contributed by atoms with van der Waals surface area (Å²) in [5.74, 6) is -0.166. The van der Waals surface area contributed by atoms with Crippen LogP contribution < -0.4 is 16.0 Å². The van der Waals surface area contributed by atoms with E-state index in [2.05, 4.69) is 20.9 Å². The second-order valence-electron chi connectivity index (χ2n) is 4.29. The van der Waals surface area contributed by atoms with Gasteiger partial charge in [0.2, 0.25) is 0 Å². The lowest BCUT2D eigenvalue weighted by Crippen LogP contribution is -2.28. The number of nitrogens with one attached hydrogen (secondary N) is 3. The first-order valence-corrected chi connectivity index (χ1v) is 6.46. The van der Waals surface area contributed by atoms with Crippen LogP contribution in [0.15, 0.2) is 48.7 Å². The molecule has 0 aliphatic rings. The Labute approximate surface area is 122 Å². The highest BCUT2D eigenvalue weighted by Crippen LogP contribution is 2.09. The molecule has 2 rings (SSSR count). The van der Waals surface area contributed by atoms with Gasteiger partial charge in [-0.15, -0.1) is 0 Å². The van der Waals surface area contributed by atoms with Crippen molar-refractivity contribution < 1.29 is 9.59 Å². The van der Waals surface area contributed by atoms with Gasteiger partial charge >= 0.3 is 6.03 Å². The summed E-state index contributed by atoms with van der Waals surface area (Å²) in [6.45, 7) is 0.350. The summed E-state index contributed by atoms with van der Waals surface area (Å²) >= 11 is 0. The number of anilines is 1. The SMILES string of the molecule is CNC(=O)c1ccc(NC(=O)NCc2ccccn2)cc1. The summed E-state index contributed by atoms with van der Waals surface area (Å²) in [6.07, 6.45) is 1.67. The zero-order valence-electron chi connectivity index (χ0n) is 11.6. The van der Waals surface area contributed by atoms with E-state index >= 15 is 0 Å². The fourth-order valence-corrected chi connectivity index (χ4v) is 1.70. The molecule has 0 spiro atoms. The molecule has 0 saturated carbocycles. The number of hydrogen-bond donors (Lipinski definition) is 3. The molecule has 3 N–H and O–H groups in total. The van der Waals surface area contributed by atoms with Crippen molar-refractivity contribution in [3.63, 3.8) is 0 Å². The number of hydrogen-bond acceptors (Lipinski definition) is 3. The van der Waals surface area contributed by atoms with E-state index in [4.69, 9.17) is 0 Å². The lowest BCUT2D eigenvalue weighted by Gasteiger charge is -2.08. The van der Waals surface area contributed by atoms with E-state index in [1.807, 2.05) is 18.2 Å². The number of amides is 3. The van der Waals surface area contributed by atoms with E-state index in [0.717, 1.165) is 5.69 Å². The van der Waals surface area contributed by atoms with Gasteiger partial charge in [0.15, 0.2) is 0 Å². The van der Waals surface area contributed by atoms with Crippen LogP contribution in [0.1, 0.15) is 16.1 Å². The summed E-state index contributed by atoms with van der Waals surface area (Å²) in [5.41, 5.74) is 1.93. The van der Waals surface area contributed by atoms with Crippen LogP contribution in [0.3, 0.4) is 0 Å². The third-order valence-corrected chi connectivity index (χ3v) is 2.79. The number of nitrogens with zero attached hydrogens (tertiary/aromatic N) is 1. The molecule has 1 aromatic carbocycles. The van der Waals surface area contributed by atoms with Crippen LogP contribution in [0, 0.1) is 0 Å². The molecule has 1 heterocycles. The van der Waals surface area contributed by atoms with Crippen LogP contribution in [0.4, 0.5) is 10.5 Å². The van der Waals surface area contributed by atoms with Crippen molar-refractivity contribution in [2.75, 3.05) is 12.4 Å². The van der Waals surface area contributed by atoms with Crippen molar-refractivity contribution in [2.24, 2.45) is 0 Å². The normalized spacial score (nSPS) is 9.76. The molecule has 0 aliphatic carbocycles. The fraction of sp³-hybridized carbons (Fsp3) is 0.133. The maximum Gasteiger partial charge on any atom is 0.319 e. The van der Waals surface area contributed by atoms with Crippen LogP contribution in [0.5, 0.6) is 0 Å². The number of rotatable bonds is 4. The van der Waals surface area contributed by atoms with Crippen LogP contribution in [-0.2, 0) is 6.54 Å². The number of aromatic nitrogens is 1. The number of carbonyl (C=O) groups is 2. The first-order chi connectivity index (χ1) is 10.2. The van der Waals surface area contributed by atoms with Gasteiger partial charge in [-0.05, 0) is 36.4 Å². The molecule has 0 unspecified atom stereocenters. The Morgan fingerprint density at radius 3 is 2.48 bits per heavy atom. The number of urea groups is 1. The van der Waals surface area contributed by atoms with E-state index in [9.17, 15) is 9.59 Å². The Hall–Kier alpha value is -2.89. The molecule has 0 fully saturated rings. The van der Waals surface area contributed by atoms with Crippen molar-refractivity contribution in [2.45, 2.75) is 6.54 Å². The molecule has 3 amide bonds. The molecule has 1 aromatic heterocycles. The number of pyridine rings is 1. The van der Waals surface area contributed by atoms with Gasteiger partial charge in [0.05, 0.1) is 12.2 Å². The zero-order chi connectivity index (χ0) is 15.1. The Kier molecular flexibility index (Phi) is 4.87. The van der Waals surface area contributed by atoms with Crippen LogP contribution >= 0.6 is 0 Å². The third-order valence-electron chi connectivity index (χ3n) is 2.79. The highest BCUT2D eigenvalue weighted by Gasteiger charge is 2.05. The Balaban J connectivity index is 1.86. The predicted octanol–water partition coefficient (Wildman–Crippen LogP) is 1.76. The monoisotopic (exact) mass is 284 g/mol. The molecule has 6 heteroatoms. The topological polar surface area (TPSA) is 83.1 Å². The molecule has 6 nitrogen and oxygen atoms in total. The highest BCUT2D eigenvalue weighted by atomic mass is 16.2. The average molecular weight is 284 g/mol. The molecule has 21 heavy (non-hydrogen) atoms. The molecule has 0 aliphatic heterocycles. The summed E-state index contributed by atoms with van der Waals surface area (Å²) in [6, 6.07) is 11.8. The number of benzene rings is 1. The van der Waals surface area contributed by atoms with Crippen LogP contribution in [-0.4, -0.2) is 24.0 Å². The molecule has 0 radical (unpaired) electrons. The van der Waals surface area contributed by atoms with Crippen molar-refractivity contribution in [1.82, 2.24) is 15.6 Å². The zero-order valence-corrected chi connectivity index (χ0v) is 11.6. The maximum absolute atomic E-state index is 11.7. The van der Waals surface area contributed by atoms with Gasteiger partial charge < -0.3 is 16.0 Å². The van der Waals surface area contributed by atoms with Gasteiger partial charge in [0.25, 0.3) is 5.91 Å². The van der Waals surface area contributed by atoms with Gasteiger partial charge in [0.1, 0.15) is 0 Å². The van der Waals surface area contributed by atoms with Crippen molar-refractivity contribution >= 4 is 17.6 Å². The minimum atomic E-state index is -0.326. The molecule has 108 valence electrons. The highest BCUT2D eigenvalue weighted by molar-refractivity contribution is 5.95. The van der Waals surface area contributed by atoms with Gasteiger partial charge in [0, 0.05) is 24.5 Å². The van der Waals surface area contributed by atoms with Gasteiger partial charge in [-0.3, -0.25) is 9.78 Å². The van der Waals surface area contributed by atoms with Gasteiger partial charge in [-0.25, -0.2) is 4.79 Å². The van der Waals surface area contributed by atoms with E-state index in [1.54, 1.807) is 37.5 Å². The summed E-state index contributed by atoms with van der Waals surface area (Å²) in [7, 11) is 1.57. The van der Waals surface area contributed by atoms with Crippen LogP contribution in [0.25, 0.3) is 0 Å².